The molecule has 2 aromatic carbocycles. The highest BCUT2D eigenvalue weighted by atomic mass is 16.5. The van der Waals surface area contributed by atoms with Gasteiger partial charge in [0.2, 0.25) is 0 Å². The number of rotatable bonds is 4. The number of aromatic nitrogens is 2. The minimum absolute atomic E-state index is 0.0615. The number of nitrogens with zero attached hydrogens (tertiary/aromatic N) is 2. The minimum atomic E-state index is -0.634. The summed E-state index contributed by atoms with van der Waals surface area (Å²) in [4.78, 5) is 44.1. The number of carbonyl (C=O) groups is 3. The van der Waals surface area contributed by atoms with Crippen LogP contribution in [0, 0.1) is 0 Å². The maximum atomic E-state index is 12.3. The van der Waals surface area contributed by atoms with E-state index in [1.165, 1.54) is 12.3 Å². The normalized spacial score (nSPS) is 12.7. The number of esters is 1. The van der Waals surface area contributed by atoms with E-state index in [1.54, 1.807) is 36.5 Å². The van der Waals surface area contributed by atoms with E-state index < -0.39 is 18.4 Å². The average Bonchev–Trinajstić information content (AvgIpc) is 2.70. The maximum Gasteiger partial charge on any atom is 0.338 e. The summed E-state index contributed by atoms with van der Waals surface area (Å²) >= 11 is 0. The van der Waals surface area contributed by atoms with Gasteiger partial charge in [-0.3, -0.25) is 19.6 Å². The van der Waals surface area contributed by atoms with Crippen molar-refractivity contribution < 1.29 is 23.9 Å². The van der Waals surface area contributed by atoms with Gasteiger partial charge in [0.05, 0.1) is 22.3 Å². The van der Waals surface area contributed by atoms with Crippen molar-refractivity contribution in [3.63, 3.8) is 0 Å². The Balaban J connectivity index is 1.44. The zero-order chi connectivity index (χ0) is 18.8. The molecule has 1 N–H and O–H groups in total. The molecule has 0 saturated carbocycles. The molecule has 0 radical (unpaired) electrons. The predicted molar refractivity (Wildman–Crippen MR) is 94.7 cm³/mol. The Morgan fingerprint density at radius 1 is 1.04 bits per heavy atom. The van der Waals surface area contributed by atoms with E-state index in [0.29, 0.717) is 28.0 Å². The van der Waals surface area contributed by atoms with Crippen molar-refractivity contribution >= 4 is 34.4 Å². The van der Waals surface area contributed by atoms with Gasteiger partial charge in [-0.15, -0.1) is 0 Å². The zero-order valence-corrected chi connectivity index (χ0v) is 14.0. The highest BCUT2D eigenvalue weighted by molar-refractivity contribution is 6.02. The first-order valence-electron chi connectivity index (χ1n) is 8.08. The number of nitrogens with one attached hydrogen (secondary N) is 1. The number of carbonyl (C=O) groups excluding carboxylic acids is 3. The Hall–Kier alpha value is -3.81. The molecular formula is C19H13N3O5. The van der Waals surface area contributed by atoms with Gasteiger partial charge >= 0.3 is 5.97 Å². The first-order valence-corrected chi connectivity index (χ1v) is 8.08. The van der Waals surface area contributed by atoms with E-state index in [1.807, 2.05) is 0 Å². The average molecular weight is 363 g/mol. The molecule has 4 rings (SSSR count). The Morgan fingerprint density at radius 2 is 1.81 bits per heavy atom. The van der Waals surface area contributed by atoms with Crippen LogP contribution in [0.25, 0.3) is 11.0 Å². The van der Waals surface area contributed by atoms with E-state index >= 15 is 0 Å². The highest BCUT2D eigenvalue weighted by Gasteiger charge is 2.19. The summed E-state index contributed by atoms with van der Waals surface area (Å²) in [5.41, 5.74) is 2.21. The third-order valence-electron chi connectivity index (χ3n) is 3.97. The Labute approximate surface area is 153 Å². The van der Waals surface area contributed by atoms with Crippen LogP contribution in [0.15, 0.2) is 48.8 Å². The number of hydrogen-bond acceptors (Lipinski definition) is 7. The number of Topliss-reactive ketones (excluding diaryl/α,β-unsaturated/α-hetero) is 1. The molecule has 0 bridgehead atoms. The number of hydrogen-bond donors (Lipinski definition) is 1. The van der Waals surface area contributed by atoms with Crippen molar-refractivity contribution in [1.29, 1.82) is 0 Å². The van der Waals surface area contributed by atoms with Crippen LogP contribution in [-0.4, -0.2) is 40.8 Å². The molecule has 1 aliphatic rings. The molecule has 0 saturated heterocycles. The van der Waals surface area contributed by atoms with Crippen LogP contribution in [0.3, 0.4) is 0 Å². The molecule has 3 aromatic rings. The van der Waals surface area contributed by atoms with Crippen LogP contribution < -0.4 is 10.1 Å². The summed E-state index contributed by atoms with van der Waals surface area (Å²) in [6, 6.07) is 9.42. The first kappa shape index (κ1) is 16.6. The van der Waals surface area contributed by atoms with Gasteiger partial charge in [0, 0.05) is 18.0 Å². The fourth-order valence-electron chi connectivity index (χ4n) is 2.64. The van der Waals surface area contributed by atoms with Crippen molar-refractivity contribution in [2.24, 2.45) is 0 Å². The van der Waals surface area contributed by atoms with Crippen molar-refractivity contribution in [3.05, 3.63) is 59.9 Å². The quantitative estimate of drug-likeness (QED) is 0.558. The number of benzene rings is 2. The lowest BCUT2D eigenvalue weighted by Crippen LogP contribution is -2.25. The molecule has 2 heterocycles. The third-order valence-corrected chi connectivity index (χ3v) is 3.97. The summed E-state index contributed by atoms with van der Waals surface area (Å²) in [6.45, 7) is -0.487. The van der Waals surface area contributed by atoms with Crippen LogP contribution in [0.4, 0.5) is 5.69 Å². The summed E-state index contributed by atoms with van der Waals surface area (Å²) in [5.74, 6) is -0.838. The molecule has 134 valence electrons. The Morgan fingerprint density at radius 3 is 2.67 bits per heavy atom. The van der Waals surface area contributed by atoms with Crippen LogP contribution in [-0.2, 0) is 9.53 Å². The lowest BCUT2D eigenvalue weighted by Gasteiger charge is -2.18. The Kier molecular flexibility index (Phi) is 4.21. The van der Waals surface area contributed by atoms with Gasteiger partial charge in [0.15, 0.2) is 19.0 Å². The summed E-state index contributed by atoms with van der Waals surface area (Å²) < 4.78 is 10.3. The molecule has 0 unspecified atom stereocenters. The van der Waals surface area contributed by atoms with E-state index in [2.05, 4.69) is 15.3 Å². The van der Waals surface area contributed by atoms with Crippen molar-refractivity contribution in [1.82, 2.24) is 9.97 Å². The third kappa shape index (κ3) is 3.45. The molecule has 0 spiro atoms. The van der Waals surface area contributed by atoms with E-state index in [9.17, 15) is 14.4 Å². The fourth-order valence-corrected chi connectivity index (χ4v) is 2.64. The molecular weight excluding hydrogens is 350 g/mol. The molecule has 0 aliphatic carbocycles. The largest absolute Gasteiger partial charge is 0.482 e. The number of fused-ring (bicyclic) bond motifs is 2. The van der Waals surface area contributed by atoms with Gasteiger partial charge in [0.1, 0.15) is 5.75 Å². The highest BCUT2D eigenvalue weighted by Crippen LogP contribution is 2.28. The molecule has 0 atom stereocenters. The van der Waals surface area contributed by atoms with Crippen LogP contribution in [0.2, 0.25) is 0 Å². The number of anilines is 1. The molecule has 1 aliphatic heterocycles. The molecule has 8 nitrogen and oxygen atoms in total. The first-order chi connectivity index (χ1) is 13.1. The second-order valence-corrected chi connectivity index (χ2v) is 5.81. The van der Waals surface area contributed by atoms with Gasteiger partial charge in [0.25, 0.3) is 5.91 Å². The predicted octanol–water partition coefficient (Wildman–Crippen LogP) is 2.00. The standard InChI is InChI=1S/C19H13N3O5/c23-16(11-2-4-17-15(7-11)22-18(24)10-26-17)9-27-19(25)12-1-3-13-14(8-12)21-6-5-20-13/h1-8H,9-10H2,(H,22,24). The molecule has 1 aromatic heterocycles. The van der Waals surface area contributed by atoms with Crippen molar-refractivity contribution in [2.75, 3.05) is 18.5 Å². The Bertz CT molecular complexity index is 1080. The van der Waals surface area contributed by atoms with Gasteiger partial charge in [-0.2, -0.15) is 0 Å². The smallest absolute Gasteiger partial charge is 0.338 e. The number of ketones is 1. The van der Waals surface area contributed by atoms with Gasteiger partial charge in [-0.1, -0.05) is 0 Å². The van der Waals surface area contributed by atoms with Crippen LogP contribution in [0.1, 0.15) is 20.7 Å². The topological polar surface area (TPSA) is 107 Å². The monoisotopic (exact) mass is 363 g/mol. The van der Waals surface area contributed by atoms with E-state index in [0.717, 1.165) is 0 Å². The van der Waals surface area contributed by atoms with Gasteiger partial charge in [-0.25, -0.2) is 4.79 Å². The minimum Gasteiger partial charge on any atom is -0.482 e. The molecule has 27 heavy (non-hydrogen) atoms. The van der Waals surface area contributed by atoms with Crippen LogP contribution in [0.5, 0.6) is 5.75 Å². The van der Waals surface area contributed by atoms with Crippen molar-refractivity contribution in [3.8, 4) is 5.75 Å². The van der Waals surface area contributed by atoms with E-state index in [-0.39, 0.29) is 18.1 Å². The van der Waals surface area contributed by atoms with Gasteiger partial charge in [-0.05, 0) is 36.4 Å². The maximum absolute atomic E-state index is 12.3. The molecule has 0 fully saturated rings. The van der Waals surface area contributed by atoms with Crippen molar-refractivity contribution in [2.45, 2.75) is 0 Å². The van der Waals surface area contributed by atoms with Gasteiger partial charge < -0.3 is 14.8 Å². The molecule has 1 amide bonds. The second kappa shape index (κ2) is 6.83. The SMILES string of the molecule is O=C1COc2ccc(C(=O)COC(=O)c3ccc4nccnc4c3)cc2N1. The summed E-state index contributed by atoms with van der Waals surface area (Å²) in [7, 11) is 0. The van der Waals surface area contributed by atoms with Crippen LogP contribution >= 0.6 is 0 Å². The zero-order valence-electron chi connectivity index (χ0n) is 14.0. The van der Waals surface area contributed by atoms with E-state index in [4.69, 9.17) is 9.47 Å². The number of ether oxygens (including phenoxy) is 2. The lowest BCUT2D eigenvalue weighted by molar-refractivity contribution is -0.118. The fraction of sp³-hybridized carbons (Fsp3) is 0.105. The summed E-state index contributed by atoms with van der Waals surface area (Å²) in [6.07, 6.45) is 3.09. The molecule has 8 heteroatoms. The summed E-state index contributed by atoms with van der Waals surface area (Å²) in [5, 5.41) is 2.63. The second-order valence-electron chi connectivity index (χ2n) is 5.81. The lowest BCUT2D eigenvalue weighted by atomic mass is 10.1. The number of amides is 1.